The summed E-state index contributed by atoms with van der Waals surface area (Å²) in [6, 6.07) is 15.5. The number of piperidine rings is 1. The zero-order chi connectivity index (χ0) is 18.1. The monoisotopic (exact) mass is 353 g/mol. The number of fused-ring (bicyclic) bond motifs is 2. The summed E-state index contributed by atoms with van der Waals surface area (Å²) in [6.45, 7) is 4.04. The largest absolute Gasteiger partial charge is 0.378 e. The molecule has 26 heavy (non-hydrogen) atoms. The van der Waals surface area contributed by atoms with E-state index in [0.29, 0.717) is 18.8 Å². The van der Waals surface area contributed by atoms with Crippen LogP contribution in [0.15, 0.2) is 48.5 Å². The number of Topliss-reactive ketones (excluding diaryl/α,β-unsaturated/α-hetero) is 1. The Morgan fingerprint density at radius 2 is 1.81 bits per heavy atom. The molecular weight excluding hydrogens is 329 g/mol. The minimum atomic E-state index is -0.335. The lowest BCUT2D eigenvalue weighted by molar-refractivity contribution is -0.0872. The number of hydrogen-bond donors (Lipinski definition) is 0. The van der Waals surface area contributed by atoms with Gasteiger partial charge in [0.2, 0.25) is 0 Å². The molecule has 136 valence electrons. The third-order valence-electron chi connectivity index (χ3n) is 5.58. The Balaban J connectivity index is 1.51. The van der Waals surface area contributed by atoms with Crippen molar-refractivity contribution in [3.8, 4) is 0 Å². The highest BCUT2D eigenvalue weighted by Gasteiger charge is 2.41. The fourth-order valence-electron chi connectivity index (χ4n) is 4.37. The molecule has 4 heteroatoms. The Bertz CT molecular complexity index is 758. The van der Waals surface area contributed by atoms with E-state index in [1.54, 1.807) is 6.07 Å². The highest BCUT2D eigenvalue weighted by molar-refractivity contribution is 5.98. The lowest BCUT2D eigenvalue weighted by Crippen LogP contribution is -2.57. The van der Waals surface area contributed by atoms with Gasteiger partial charge in [0.25, 0.3) is 0 Å². The number of carbonyl (C=O) groups excluding carboxylic acids is 1. The van der Waals surface area contributed by atoms with E-state index >= 15 is 0 Å². The average Bonchev–Trinajstić information content (AvgIpc) is 2.61. The Labute approximate surface area is 153 Å². The summed E-state index contributed by atoms with van der Waals surface area (Å²) in [5.74, 6) is -0.315. The maximum atomic E-state index is 13.7. The Hall–Kier alpha value is -2.04. The van der Waals surface area contributed by atoms with Gasteiger partial charge in [-0.25, -0.2) is 4.39 Å². The van der Waals surface area contributed by atoms with Crippen LogP contribution in [0.3, 0.4) is 0 Å². The molecule has 0 amide bonds. The number of ether oxygens (including phenoxy) is 1. The molecule has 2 aliphatic rings. The second-order valence-electron chi connectivity index (χ2n) is 7.55. The number of aryl methyl sites for hydroxylation is 1. The third-order valence-corrected chi connectivity index (χ3v) is 5.58. The van der Waals surface area contributed by atoms with Gasteiger partial charge in [0.05, 0.1) is 13.2 Å². The second-order valence-corrected chi connectivity index (χ2v) is 7.55. The summed E-state index contributed by atoms with van der Waals surface area (Å²) >= 11 is 0. The molecule has 4 rings (SSSR count). The van der Waals surface area contributed by atoms with Crippen molar-refractivity contribution in [1.82, 2.24) is 4.90 Å². The molecule has 2 aromatic rings. The molecule has 2 fully saturated rings. The highest BCUT2D eigenvalue weighted by atomic mass is 19.1. The molecular formula is C22H24FNO2. The topological polar surface area (TPSA) is 29.5 Å². The SMILES string of the molecule is Cc1cc(F)cc(C(=O)C2CC3COCC(C2)N3Cc2ccccc2)c1. The van der Waals surface area contributed by atoms with Crippen LogP contribution in [0.1, 0.15) is 34.3 Å². The first-order valence-electron chi connectivity index (χ1n) is 9.29. The molecule has 0 aromatic heterocycles. The molecule has 2 aliphatic heterocycles. The second kappa shape index (κ2) is 7.29. The van der Waals surface area contributed by atoms with Crippen molar-refractivity contribution in [3.63, 3.8) is 0 Å². The predicted molar refractivity (Wildman–Crippen MR) is 98.6 cm³/mol. The highest BCUT2D eigenvalue weighted by Crippen LogP contribution is 2.34. The summed E-state index contributed by atoms with van der Waals surface area (Å²) in [6.07, 6.45) is 1.55. The molecule has 0 spiro atoms. The van der Waals surface area contributed by atoms with Crippen LogP contribution in [0.4, 0.5) is 4.39 Å². The van der Waals surface area contributed by atoms with Crippen molar-refractivity contribution >= 4 is 5.78 Å². The van der Waals surface area contributed by atoms with Gasteiger partial charge in [-0.1, -0.05) is 30.3 Å². The normalized spacial score (nSPS) is 25.8. The lowest BCUT2D eigenvalue weighted by atomic mass is 9.80. The van der Waals surface area contributed by atoms with Crippen LogP contribution in [0.5, 0.6) is 0 Å². The number of carbonyl (C=O) groups is 1. The first-order valence-corrected chi connectivity index (χ1v) is 9.29. The number of hydrogen-bond acceptors (Lipinski definition) is 3. The van der Waals surface area contributed by atoms with Gasteiger partial charge in [0.1, 0.15) is 5.82 Å². The smallest absolute Gasteiger partial charge is 0.166 e. The van der Waals surface area contributed by atoms with Crippen molar-refractivity contribution in [2.24, 2.45) is 5.92 Å². The number of rotatable bonds is 4. The van der Waals surface area contributed by atoms with Crippen LogP contribution in [0, 0.1) is 18.7 Å². The summed E-state index contributed by atoms with van der Waals surface area (Å²) in [4.78, 5) is 15.5. The van der Waals surface area contributed by atoms with E-state index in [9.17, 15) is 9.18 Å². The molecule has 0 radical (unpaired) electrons. The quantitative estimate of drug-likeness (QED) is 0.778. The van der Waals surface area contributed by atoms with E-state index in [1.165, 1.54) is 17.7 Å². The molecule has 3 nitrogen and oxygen atoms in total. The maximum Gasteiger partial charge on any atom is 0.166 e. The molecule has 0 saturated carbocycles. The van der Waals surface area contributed by atoms with Crippen molar-refractivity contribution in [3.05, 3.63) is 71.0 Å². The van der Waals surface area contributed by atoms with E-state index in [2.05, 4.69) is 29.2 Å². The summed E-state index contributed by atoms with van der Waals surface area (Å²) in [5, 5.41) is 0. The molecule has 0 aliphatic carbocycles. The molecule has 2 saturated heterocycles. The van der Waals surface area contributed by atoms with Gasteiger partial charge >= 0.3 is 0 Å². The van der Waals surface area contributed by atoms with Crippen molar-refractivity contribution in [2.45, 2.75) is 38.4 Å². The van der Waals surface area contributed by atoms with E-state index in [1.807, 2.05) is 13.0 Å². The van der Waals surface area contributed by atoms with Gasteiger partial charge in [-0.3, -0.25) is 9.69 Å². The van der Waals surface area contributed by atoms with E-state index < -0.39 is 0 Å². The van der Waals surface area contributed by atoms with Crippen molar-refractivity contribution in [2.75, 3.05) is 13.2 Å². The van der Waals surface area contributed by atoms with Crippen molar-refractivity contribution < 1.29 is 13.9 Å². The molecule has 2 heterocycles. The number of nitrogens with zero attached hydrogens (tertiary/aromatic N) is 1. The fourth-order valence-corrected chi connectivity index (χ4v) is 4.37. The molecule has 2 aromatic carbocycles. The maximum absolute atomic E-state index is 13.7. The van der Waals surface area contributed by atoms with Gasteiger partial charge in [0, 0.05) is 30.1 Å². The van der Waals surface area contributed by atoms with Gasteiger partial charge in [-0.15, -0.1) is 0 Å². The first kappa shape index (κ1) is 17.4. The van der Waals surface area contributed by atoms with Crippen LogP contribution in [-0.2, 0) is 11.3 Å². The molecule has 2 bridgehead atoms. The van der Waals surface area contributed by atoms with Gasteiger partial charge in [-0.05, 0) is 49.1 Å². The van der Waals surface area contributed by atoms with E-state index in [4.69, 9.17) is 4.74 Å². The number of benzene rings is 2. The van der Waals surface area contributed by atoms with E-state index in [-0.39, 0.29) is 29.6 Å². The number of halogens is 1. The standard InChI is InChI=1S/C22H24FNO2/c1-15-7-17(9-19(23)8-15)22(25)18-10-20-13-26-14-21(11-18)24(20)12-16-5-3-2-4-6-16/h2-9,18,20-21H,10-14H2,1H3. The third kappa shape index (κ3) is 3.57. The fraction of sp³-hybridized carbons (Fsp3) is 0.409. The molecule has 2 atom stereocenters. The Morgan fingerprint density at radius 1 is 1.12 bits per heavy atom. The lowest BCUT2D eigenvalue weighted by Gasteiger charge is -2.48. The average molecular weight is 353 g/mol. The summed E-state index contributed by atoms with van der Waals surface area (Å²) < 4.78 is 19.5. The number of ketones is 1. The zero-order valence-electron chi connectivity index (χ0n) is 15.0. The molecule has 0 N–H and O–H groups in total. The summed E-state index contributed by atoms with van der Waals surface area (Å²) in [5.41, 5.74) is 2.58. The van der Waals surface area contributed by atoms with Crippen LogP contribution in [0.25, 0.3) is 0 Å². The van der Waals surface area contributed by atoms with Crippen LogP contribution < -0.4 is 0 Å². The van der Waals surface area contributed by atoms with Gasteiger partial charge < -0.3 is 4.74 Å². The minimum Gasteiger partial charge on any atom is -0.378 e. The number of morpholine rings is 1. The van der Waals surface area contributed by atoms with E-state index in [0.717, 1.165) is 24.9 Å². The van der Waals surface area contributed by atoms with Gasteiger partial charge in [-0.2, -0.15) is 0 Å². The Morgan fingerprint density at radius 3 is 2.46 bits per heavy atom. The summed E-state index contributed by atoms with van der Waals surface area (Å²) in [7, 11) is 0. The first-order chi connectivity index (χ1) is 12.6. The molecule has 2 unspecified atom stereocenters. The predicted octanol–water partition coefficient (Wildman–Crippen LogP) is 4.00. The zero-order valence-corrected chi connectivity index (χ0v) is 15.0. The van der Waals surface area contributed by atoms with Crippen LogP contribution >= 0.6 is 0 Å². The minimum absolute atomic E-state index is 0.0536. The van der Waals surface area contributed by atoms with Crippen LogP contribution in [-0.4, -0.2) is 36.0 Å². The van der Waals surface area contributed by atoms with Crippen LogP contribution in [0.2, 0.25) is 0 Å². The Kier molecular flexibility index (Phi) is 4.88. The van der Waals surface area contributed by atoms with Gasteiger partial charge in [0.15, 0.2) is 5.78 Å². The van der Waals surface area contributed by atoms with Crippen molar-refractivity contribution in [1.29, 1.82) is 0 Å².